The number of hydrogen-bond acceptors (Lipinski definition) is 4. The Hall–Kier alpha value is -2.17. The summed E-state index contributed by atoms with van der Waals surface area (Å²) in [6.45, 7) is 0.854. The Morgan fingerprint density at radius 3 is 2.62 bits per heavy atom. The highest BCUT2D eigenvalue weighted by atomic mass is 32.1. The molecule has 0 heterocycles. The molecule has 2 N–H and O–H groups in total. The maximum Gasteiger partial charge on any atom is 0.340 e. The van der Waals surface area contributed by atoms with Gasteiger partial charge in [-0.2, -0.15) is 8.78 Å². The van der Waals surface area contributed by atoms with E-state index in [-0.39, 0.29) is 16.5 Å². The van der Waals surface area contributed by atoms with Gasteiger partial charge in [0.2, 0.25) is 0 Å². The number of alkyl halides is 4. The Kier molecular flexibility index (Phi) is 7.14. The van der Waals surface area contributed by atoms with Gasteiger partial charge in [-0.15, -0.1) is 0 Å². The van der Waals surface area contributed by atoms with Gasteiger partial charge >= 0.3 is 12.3 Å². The second kappa shape index (κ2) is 8.62. The molecule has 0 amide bonds. The van der Waals surface area contributed by atoms with E-state index in [1.807, 2.05) is 6.92 Å². The van der Waals surface area contributed by atoms with Crippen molar-refractivity contribution < 1.29 is 27.2 Å². The lowest BCUT2D eigenvalue weighted by Crippen LogP contribution is -2.33. The Balaban J connectivity index is 2.92. The number of benzene rings is 1. The van der Waals surface area contributed by atoms with Gasteiger partial charge in [-0.05, 0) is 18.6 Å². The smallest absolute Gasteiger partial charge is 0.340 e. The van der Waals surface area contributed by atoms with Crippen molar-refractivity contribution in [3.63, 3.8) is 0 Å². The van der Waals surface area contributed by atoms with Crippen LogP contribution in [0.15, 0.2) is 18.2 Å². The molecule has 6 nitrogen and oxygen atoms in total. The molecule has 1 aromatic rings. The fourth-order valence-corrected chi connectivity index (χ4v) is 1.72. The first-order valence-corrected chi connectivity index (χ1v) is 7.19. The van der Waals surface area contributed by atoms with Gasteiger partial charge in [-0.25, -0.2) is 8.78 Å². The van der Waals surface area contributed by atoms with E-state index in [4.69, 9.17) is 12.2 Å². The van der Waals surface area contributed by atoms with E-state index in [1.54, 1.807) is 0 Å². The number of halogens is 4. The first kappa shape index (κ1) is 19.9. The van der Waals surface area contributed by atoms with Crippen molar-refractivity contribution in [2.45, 2.75) is 25.7 Å². The lowest BCUT2D eigenvalue weighted by atomic mass is 10.2. The van der Waals surface area contributed by atoms with Gasteiger partial charge < -0.3 is 15.4 Å². The predicted molar refractivity (Wildman–Crippen MR) is 84.1 cm³/mol. The number of thiocarbonyl (C=S) groups is 1. The third-order valence-corrected chi connectivity index (χ3v) is 2.89. The van der Waals surface area contributed by atoms with Crippen molar-refractivity contribution in [2.75, 3.05) is 18.5 Å². The Morgan fingerprint density at radius 2 is 2.08 bits per heavy atom. The van der Waals surface area contributed by atoms with Crippen molar-refractivity contribution in [2.24, 2.45) is 0 Å². The highest BCUT2D eigenvalue weighted by molar-refractivity contribution is 7.80. The third-order valence-electron chi connectivity index (χ3n) is 2.65. The molecule has 0 spiro atoms. The van der Waals surface area contributed by atoms with E-state index in [0.29, 0.717) is 6.54 Å². The minimum atomic E-state index is -4.36. The minimum Gasteiger partial charge on any atom is -0.487 e. The number of nitrogens with one attached hydrogen (secondary N) is 2. The van der Waals surface area contributed by atoms with Crippen LogP contribution in [-0.2, 0) is 0 Å². The van der Waals surface area contributed by atoms with Gasteiger partial charge in [-0.1, -0.05) is 6.92 Å². The van der Waals surface area contributed by atoms with Gasteiger partial charge in [0.05, 0.1) is 16.7 Å². The first-order chi connectivity index (χ1) is 11.2. The van der Waals surface area contributed by atoms with E-state index < -0.39 is 29.6 Å². The SMILES string of the molecule is CCCNC(=S)Nc1cc(OCC(F)(F)C(F)F)cc([N+](=O)[O-])c1. The number of rotatable bonds is 8. The first-order valence-electron chi connectivity index (χ1n) is 6.79. The van der Waals surface area contributed by atoms with E-state index in [2.05, 4.69) is 15.4 Å². The second-order valence-electron chi connectivity index (χ2n) is 4.70. The predicted octanol–water partition coefficient (Wildman–Crippen LogP) is 3.57. The molecule has 24 heavy (non-hydrogen) atoms. The Morgan fingerprint density at radius 1 is 1.42 bits per heavy atom. The summed E-state index contributed by atoms with van der Waals surface area (Å²) in [6, 6.07) is 3.11. The molecule has 0 saturated carbocycles. The van der Waals surface area contributed by atoms with Crippen molar-refractivity contribution in [3.8, 4) is 5.75 Å². The number of non-ortho nitro benzene ring substituents is 1. The average molecular weight is 369 g/mol. The zero-order valence-corrected chi connectivity index (χ0v) is 13.3. The minimum absolute atomic E-state index is 0.105. The van der Waals surface area contributed by atoms with Crippen LogP contribution in [-0.4, -0.2) is 35.5 Å². The van der Waals surface area contributed by atoms with Crippen LogP contribution in [0.4, 0.5) is 28.9 Å². The highest BCUT2D eigenvalue weighted by Crippen LogP contribution is 2.29. The maximum atomic E-state index is 12.9. The summed E-state index contributed by atoms with van der Waals surface area (Å²) in [4.78, 5) is 10.1. The van der Waals surface area contributed by atoms with Crippen LogP contribution in [0.1, 0.15) is 13.3 Å². The molecule has 0 aliphatic rings. The average Bonchev–Trinajstić information content (AvgIpc) is 2.50. The second-order valence-corrected chi connectivity index (χ2v) is 5.11. The van der Waals surface area contributed by atoms with Crippen LogP contribution < -0.4 is 15.4 Å². The molecular weight excluding hydrogens is 354 g/mol. The van der Waals surface area contributed by atoms with Crippen LogP contribution in [0.5, 0.6) is 5.75 Å². The van der Waals surface area contributed by atoms with Crippen LogP contribution in [0.2, 0.25) is 0 Å². The number of nitro benzene ring substituents is 1. The Labute approximate surface area is 140 Å². The van der Waals surface area contributed by atoms with E-state index >= 15 is 0 Å². The molecule has 0 aliphatic carbocycles. The monoisotopic (exact) mass is 369 g/mol. The zero-order chi connectivity index (χ0) is 18.3. The third kappa shape index (κ3) is 6.14. The van der Waals surface area contributed by atoms with Crippen LogP contribution in [0.25, 0.3) is 0 Å². The summed E-state index contributed by atoms with van der Waals surface area (Å²) in [5.74, 6) is -4.72. The molecule has 0 aliphatic heterocycles. The maximum absolute atomic E-state index is 12.9. The largest absolute Gasteiger partial charge is 0.487 e. The summed E-state index contributed by atoms with van der Waals surface area (Å²) >= 11 is 4.96. The van der Waals surface area contributed by atoms with E-state index in [1.165, 1.54) is 0 Å². The van der Waals surface area contributed by atoms with Crippen molar-refractivity contribution in [3.05, 3.63) is 28.3 Å². The normalized spacial score (nSPS) is 11.2. The summed E-state index contributed by atoms with van der Waals surface area (Å²) < 4.78 is 54.6. The quantitative estimate of drug-likeness (QED) is 0.316. The number of nitro groups is 1. The molecule has 1 rings (SSSR count). The van der Waals surface area contributed by atoms with E-state index in [0.717, 1.165) is 24.6 Å². The highest BCUT2D eigenvalue weighted by Gasteiger charge is 2.41. The molecular formula is C13H15F4N3O3S. The topological polar surface area (TPSA) is 76.4 Å². The molecule has 0 bridgehead atoms. The van der Waals surface area contributed by atoms with Gasteiger partial charge in [0.25, 0.3) is 5.69 Å². The number of ether oxygens (including phenoxy) is 1. The van der Waals surface area contributed by atoms with Crippen molar-refractivity contribution in [1.29, 1.82) is 0 Å². The molecule has 0 unspecified atom stereocenters. The molecule has 0 radical (unpaired) electrons. The standard InChI is InChI=1S/C13H15F4N3O3S/c1-2-3-18-12(24)19-8-4-9(20(21)22)6-10(5-8)23-7-13(16,17)11(14)15/h4-6,11H,2-3,7H2,1H3,(H2,18,19,24). The lowest BCUT2D eigenvalue weighted by Gasteiger charge is -2.16. The molecule has 0 saturated heterocycles. The number of hydrogen-bond donors (Lipinski definition) is 2. The molecule has 134 valence electrons. The molecule has 11 heteroatoms. The summed E-state index contributed by atoms with van der Waals surface area (Å²) in [7, 11) is 0. The molecule has 0 fully saturated rings. The summed E-state index contributed by atoms with van der Waals surface area (Å²) in [5, 5.41) is 16.5. The molecule has 0 aromatic heterocycles. The summed E-state index contributed by atoms with van der Waals surface area (Å²) in [5.41, 5.74) is -0.359. The number of anilines is 1. The van der Waals surface area contributed by atoms with Crippen molar-refractivity contribution >= 4 is 28.7 Å². The lowest BCUT2D eigenvalue weighted by molar-refractivity contribution is -0.384. The van der Waals surface area contributed by atoms with Gasteiger partial charge in [-0.3, -0.25) is 10.1 Å². The zero-order valence-electron chi connectivity index (χ0n) is 12.5. The fraction of sp³-hybridized carbons (Fsp3) is 0.462. The van der Waals surface area contributed by atoms with Gasteiger partial charge in [0.1, 0.15) is 5.75 Å². The van der Waals surface area contributed by atoms with Crippen LogP contribution in [0.3, 0.4) is 0 Å². The Bertz CT molecular complexity index is 602. The summed E-state index contributed by atoms with van der Waals surface area (Å²) in [6.07, 6.45) is -3.12. The van der Waals surface area contributed by atoms with Gasteiger partial charge in [0.15, 0.2) is 11.7 Å². The molecule has 0 atom stereocenters. The molecule has 1 aromatic carbocycles. The van der Waals surface area contributed by atoms with Crippen molar-refractivity contribution in [1.82, 2.24) is 5.32 Å². The number of nitrogens with zero attached hydrogens (tertiary/aromatic N) is 1. The fourth-order valence-electron chi connectivity index (χ4n) is 1.50. The van der Waals surface area contributed by atoms with Gasteiger partial charge in [0, 0.05) is 18.7 Å². The van der Waals surface area contributed by atoms with Crippen LogP contribution >= 0.6 is 12.2 Å². The van der Waals surface area contributed by atoms with E-state index in [9.17, 15) is 27.7 Å². The van der Waals surface area contributed by atoms with Crippen LogP contribution in [0, 0.1) is 10.1 Å².